The Labute approximate surface area is 162 Å². The summed E-state index contributed by atoms with van der Waals surface area (Å²) in [5, 5.41) is 13.0. The van der Waals surface area contributed by atoms with Crippen molar-refractivity contribution in [3.05, 3.63) is 33.1 Å². The maximum Gasteiger partial charge on any atom is 0.330 e. The van der Waals surface area contributed by atoms with E-state index in [2.05, 4.69) is 5.09 Å². The first-order valence-corrected chi connectivity index (χ1v) is 9.61. The number of nitrogens with zero attached hydrogens (tertiary/aromatic N) is 1. The summed E-state index contributed by atoms with van der Waals surface area (Å²) >= 11 is 0. The summed E-state index contributed by atoms with van der Waals surface area (Å²) < 4.78 is 31.7. The van der Waals surface area contributed by atoms with Crippen molar-refractivity contribution in [3.63, 3.8) is 0 Å². The van der Waals surface area contributed by atoms with Crippen molar-refractivity contribution in [1.29, 1.82) is 0 Å². The molecule has 0 aliphatic carbocycles. The topological polar surface area (TPSA) is 132 Å². The summed E-state index contributed by atoms with van der Waals surface area (Å²) in [6.07, 6.45) is -3.18. The summed E-state index contributed by atoms with van der Waals surface area (Å²) in [5.41, 5.74) is -3.77. The molecule has 3 N–H and O–H groups in total. The predicted octanol–water partition coefficient (Wildman–Crippen LogP) is -0.0221. The van der Waals surface area contributed by atoms with Gasteiger partial charge in [-0.3, -0.25) is 24.2 Å². The van der Waals surface area contributed by atoms with Gasteiger partial charge in [0.05, 0.1) is 21.7 Å². The number of carbonyl (C=O) groups excluding carboxylic acids is 1. The number of aliphatic hydroxyl groups is 1. The molecule has 28 heavy (non-hydrogen) atoms. The number of hydrogen-bond donors (Lipinski definition) is 3. The monoisotopic (exact) mass is 421 g/mol. The first-order valence-electron chi connectivity index (χ1n) is 8.70. The first-order chi connectivity index (χ1) is 13.0. The number of aromatic amines is 1. The zero-order valence-electron chi connectivity index (χ0n) is 16.0. The van der Waals surface area contributed by atoms with Gasteiger partial charge in [0.2, 0.25) is 0 Å². The van der Waals surface area contributed by atoms with Crippen LogP contribution in [0.2, 0.25) is 0 Å². The number of hydrogen-bond acceptors (Lipinski definition) is 8. The van der Waals surface area contributed by atoms with Crippen LogP contribution in [0.15, 0.2) is 21.9 Å². The Balaban J connectivity index is 1.92. The average Bonchev–Trinajstić information content (AvgIpc) is 2.81. The lowest BCUT2D eigenvalue weighted by Gasteiger charge is -2.24. The van der Waals surface area contributed by atoms with Crippen molar-refractivity contribution in [2.45, 2.75) is 63.9 Å². The van der Waals surface area contributed by atoms with Gasteiger partial charge in [0.1, 0.15) is 18.2 Å². The van der Waals surface area contributed by atoms with Crippen molar-refractivity contribution in [2.75, 3.05) is 6.61 Å². The number of alkyl halides is 1. The molecule has 1 aromatic rings. The number of nitrogens with one attached hydrogen (secondary N) is 2. The van der Waals surface area contributed by atoms with E-state index in [0.717, 1.165) is 23.8 Å². The summed E-state index contributed by atoms with van der Waals surface area (Å²) in [6, 6.07) is 0.453. The number of halogens is 1. The summed E-state index contributed by atoms with van der Waals surface area (Å²) in [7, 11) is -0.326. The molecule has 2 heterocycles. The Bertz CT molecular complexity index is 797. The number of H-pyrrole nitrogens is 1. The Morgan fingerprint density at radius 3 is 2.79 bits per heavy atom. The number of aliphatic hydroxyl groups excluding tert-OH is 1. The van der Waals surface area contributed by atoms with Gasteiger partial charge < -0.3 is 19.1 Å². The second kappa shape index (κ2) is 9.23. The van der Waals surface area contributed by atoms with Crippen LogP contribution in [0.1, 0.15) is 33.9 Å². The van der Waals surface area contributed by atoms with E-state index in [0.29, 0.717) is 0 Å². The molecular weight excluding hydrogens is 396 g/mol. The smallest absolute Gasteiger partial charge is 0.330 e. The van der Waals surface area contributed by atoms with Gasteiger partial charge in [-0.1, -0.05) is 0 Å². The normalized spacial score (nSPS) is 28.9. The van der Waals surface area contributed by atoms with Gasteiger partial charge >= 0.3 is 11.7 Å². The highest BCUT2D eigenvalue weighted by Crippen LogP contribution is 2.40. The Kier molecular flexibility index (Phi) is 7.46. The number of ether oxygens (including phenoxy) is 2. The number of aromatic nitrogens is 2. The van der Waals surface area contributed by atoms with E-state index >= 15 is 0 Å². The zero-order valence-corrected chi connectivity index (χ0v) is 17.0. The van der Waals surface area contributed by atoms with E-state index in [1.54, 1.807) is 20.8 Å². The molecule has 10 nitrogen and oxygen atoms in total. The highest BCUT2D eigenvalue weighted by molar-refractivity contribution is 7.29. The molecule has 6 atom stereocenters. The largest absolute Gasteiger partial charge is 0.462 e. The van der Waals surface area contributed by atoms with Gasteiger partial charge in [-0.25, -0.2) is 9.18 Å². The molecule has 0 aromatic carbocycles. The number of carbonyl (C=O) groups is 1. The maximum absolute atomic E-state index is 15.0. The molecule has 0 saturated carbocycles. The molecular formula is C16H25FN3O7P. The van der Waals surface area contributed by atoms with Crippen LogP contribution < -0.4 is 16.3 Å². The molecule has 158 valence electrons. The average molecular weight is 421 g/mol. The van der Waals surface area contributed by atoms with E-state index in [1.165, 1.54) is 0 Å². The fourth-order valence-corrected chi connectivity index (χ4v) is 3.24. The van der Waals surface area contributed by atoms with Crippen LogP contribution in [-0.2, 0) is 18.8 Å². The quantitative estimate of drug-likeness (QED) is 0.303. The van der Waals surface area contributed by atoms with Gasteiger partial charge in [-0.05, 0) is 27.7 Å². The fourth-order valence-electron chi connectivity index (χ4n) is 2.61. The molecule has 0 amide bonds. The highest BCUT2D eigenvalue weighted by Gasteiger charge is 2.55. The minimum atomic E-state index is -2.29. The lowest BCUT2D eigenvalue weighted by molar-refractivity contribution is -0.148. The molecule has 1 saturated heterocycles. The molecule has 1 aliphatic heterocycles. The Morgan fingerprint density at radius 1 is 1.50 bits per heavy atom. The SMILES string of the molecule is CC(C)OC(=O)[C@H](C)NPOCC1O[C@@H](n2ccc(=O)[nH]c2=O)C(C)(F)[C@H]1O. The van der Waals surface area contributed by atoms with Crippen LogP contribution in [0.3, 0.4) is 0 Å². The molecule has 2 rings (SSSR count). The van der Waals surface area contributed by atoms with Crippen molar-refractivity contribution in [2.24, 2.45) is 0 Å². The zero-order chi connectivity index (χ0) is 21.1. The van der Waals surface area contributed by atoms with Crippen LogP contribution in [0.25, 0.3) is 0 Å². The van der Waals surface area contributed by atoms with E-state index < -0.39 is 47.4 Å². The van der Waals surface area contributed by atoms with Crippen molar-refractivity contribution in [1.82, 2.24) is 14.6 Å². The molecule has 0 bridgehead atoms. The van der Waals surface area contributed by atoms with Crippen LogP contribution in [0.5, 0.6) is 0 Å². The number of esters is 1. The molecule has 1 aromatic heterocycles. The molecule has 3 unspecified atom stereocenters. The molecule has 1 aliphatic rings. The third kappa shape index (κ3) is 5.24. The summed E-state index contributed by atoms with van der Waals surface area (Å²) in [5.74, 6) is -0.433. The van der Waals surface area contributed by atoms with Crippen LogP contribution in [0, 0.1) is 0 Å². The minimum absolute atomic E-state index is 0.174. The molecule has 0 spiro atoms. The van der Waals surface area contributed by atoms with E-state index in [1.807, 2.05) is 4.98 Å². The van der Waals surface area contributed by atoms with Crippen molar-refractivity contribution < 1.29 is 28.3 Å². The maximum atomic E-state index is 15.0. The van der Waals surface area contributed by atoms with E-state index in [9.17, 15) is 23.9 Å². The summed E-state index contributed by atoms with van der Waals surface area (Å²) in [4.78, 5) is 36.8. The second-order valence-electron chi connectivity index (χ2n) is 6.91. The van der Waals surface area contributed by atoms with Gasteiger partial charge in [-0.2, -0.15) is 0 Å². The molecule has 1 fully saturated rings. The Morgan fingerprint density at radius 2 is 2.18 bits per heavy atom. The van der Waals surface area contributed by atoms with Gasteiger partial charge in [0.25, 0.3) is 5.56 Å². The van der Waals surface area contributed by atoms with Crippen LogP contribution in [-0.4, -0.2) is 57.3 Å². The van der Waals surface area contributed by atoms with E-state index in [4.69, 9.17) is 14.0 Å². The van der Waals surface area contributed by atoms with Gasteiger partial charge in [-0.15, -0.1) is 0 Å². The van der Waals surface area contributed by atoms with Gasteiger partial charge in [0, 0.05) is 12.3 Å². The lowest BCUT2D eigenvalue weighted by Crippen LogP contribution is -2.43. The number of rotatable bonds is 8. The third-order valence-corrected chi connectivity index (χ3v) is 4.98. The first kappa shape index (κ1) is 22.6. The fraction of sp³-hybridized carbons (Fsp3) is 0.688. The van der Waals surface area contributed by atoms with Crippen molar-refractivity contribution >= 4 is 14.9 Å². The predicted molar refractivity (Wildman–Crippen MR) is 98.8 cm³/mol. The van der Waals surface area contributed by atoms with Gasteiger partial charge in [0.15, 0.2) is 11.9 Å². The highest BCUT2D eigenvalue weighted by atomic mass is 31.1. The standard InChI is InChI=1S/C16H25FN3O7P/c1-8(2)26-13(23)9(3)19-28-25-7-10-12(22)16(4,17)14(27-10)20-6-5-11(21)18-15(20)24/h5-6,8-10,12,14,19,22,28H,7H2,1-4H3,(H,18,21,24)/t9-,10?,12-,14+,16?/m0/s1. The van der Waals surface area contributed by atoms with E-state index in [-0.39, 0.29) is 21.7 Å². The second-order valence-corrected chi connectivity index (χ2v) is 7.69. The van der Waals surface area contributed by atoms with Crippen LogP contribution in [0.4, 0.5) is 4.39 Å². The Hall–Kier alpha value is -1.65. The molecule has 12 heteroatoms. The lowest BCUT2D eigenvalue weighted by atomic mass is 9.98. The van der Waals surface area contributed by atoms with Crippen molar-refractivity contribution in [3.8, 4) is 0 Å². The minimum Gasteiger partial charge on any atom is -0.462 e. The summed E-state index contributed by atoms with van der Waals surface area (Å²) in [6.45, 7) is 6.01. The third-order valence-electron chi connectivity index (χ3n) is 4.12. The van der Waals surface area contributed by atoms with Crippen LogP contribution >= 0.6 is 8.96 Å². The molecule has 0 radical (unpaired) electrons.